The Morgan fingerprint density at radius 1 is 1.22 bits per heavy atom. The highest BCUT2D eigenvalue weighted by Crippen LogP contribution is 2.24. The quantitative estimate of drug-likeness (QED) is 0.593. The summed E-state index contributed by atoms with van der Waals surface area (Å²) in [5.41, 5.74) is 0.382. The molecule has 1 unspecified atom stereocenters. The summed E-state index contributed by atoms with van der Waals surface area (Å²) in [5, 5.41) is 2.69. The summed E-state index contributed by atoms with van der Waals surface area (Å²) >= 11 is 3.37. The molecule has 0 bridgehead atoms. The molecule has 0 fully saturated rings. The van der Waals surface area contributed by atoms with Crippen LogP contribution in [0.5, 0.6) is 0 Å². The summed E-state index contributed by atoms with van der Waals surface area (Å²) in [6.07, 6.45) is 0.787. The van der Waals surface area contributed by atoms with Crippen LogP contribution in [0.3, 0.4) is 0 Å². The van der Waals surface area contributed by atoms with Crippen LogP contribution in [-0.4, -0.2) is 31.3 Å². The Hall–Kier alpha value is -1.56. The third kappa shape index (κ3) is 7.50. The van der Waals surface area contributed by atoms with E-state index in [2.05, 4.69) is 21.2 Å². The lowest BCUT2D eigenvalue weighted by atomic mass is 9.94. The normalized spacial score (nSPS) is 12.4. The van der Waals surface area contributed by atoms with Gasteiger partial charge in [0.25, 0.3) is 0 Å². The SMILES string of the molecule is COC(=O)C(CCCNC(=O)OC(C)(C)C)c1ccc(Br)cc1. The zero-order chi connectivity index (χ0) is 17.5. The van der Waals surface area contributed by atoms with Crippen LogP contribution in [0.25, 0.3) is 0 Å². The summed E-state index contributed by atoms with van der Waals surface area (Å²) < 4.78 is 11.0. The van der Waals surface area contributed by atoms with E-state index in [0.29, 0.717) is 19.4 Å². The maximum absolute atomic E-state index is 12.0. The topological polar surface area (TPSA) is 64.6 Å². The maximum Gasteiger partial charge on any atom is 0.407 e. The lowest BCUT2D eigenvalue weighted by Crippen LogP contribution is -2.33. The Balaban J connectivity index is 2.51. The van der Waals surface area contributed by atoms with E-state index < -0.39 is 11.7 Å². The molecule has 0 saturated heterocycles. The van der Waals surface area contributed by atoms with Gasteiger partial charge in [0.1, 0.15) is 5.60 Å². The fraction of sp³-hybridized carbons (Fsp3) is 0.529. The summed E-state index contributed by atoms with van der Waals surface area (Å²) in [6, 6.07) is 7.58. The van der Waals surface area contributed by atoms with E-state index in [4.69, 9.17) is 9.47 Å². The van der Waals surface area contributed by atoms with Gasteiger partial charge in [-0.2, -0.15) is 0 Å². The predicted octanol–water partition coefficient (Wildman–Crippen LogP) is 4.01. The first-order valence-corrected chi connectivity index (χ1v) is 8.32. The molecule has 0 heterocycles. The van der Waals surface area contributed by atoms with Gasteiger partial charge in [0.2, 0.25) is 0 Å². The van der Waals surface area contributed by atoms with Crippen LogP contribution in [-0.2, 0) is 14.3 Å². The molecule has 1 rings (SSSR count). The molecule has 1 amide bonds. The van der Waals surface area contributed by atoms with Gasteiger partial charge in [0, 0.05) is 11.0 Å². The summed E-state index contributed by atoms with van der Waals surface area (Å²) in [7, 11) is 1.38. The van der Waals surface area contributed by atoms with E-state index in [0.717, 1.165) is 10.0 Å². The highest BCUT2D eigenvalue weighted by molar-refractivity contribution is 9.10. The number of carbonyl (C=O) groups is 2. The van der Waals surface area contributed by atoms with Crippen LogP contribution in [0.4, 0.5) is 4.79 Å². The van der Waals surface area contributed by atoms with Crippen molar-refractivity contribution in [2.45, 2.75) is 45.1 Å². The second kappa shape index (κ2) is 8.91. The lowest BCUT2D eigenvalue weighted by molar-refractivity contribution is -0.142. The molecule has 1 atom stereocenters. The molecule has 0 aromatic heterocycles. The molecule has 0 spiro atoms. The van der Waals surface area contributed by atoms with Crippen LogP contribution in [0, 0.1) is 0 Å². The number of benzene rings is 1. The van der Waals surface area contributed by atoms with E-state index in [-0.39, 0.29) is 11.9 Å². The van der Waals surface area contributed by atoms with Crippen molar-refractivity contribution in [3.8, 4) is 0 Å². The molecule has 6 heteroatoms. The Morgan fingerprint density at radius 3 is 2.35 bits per heavy atom. The van der Waals surface area contributed by atoms with Crippen LogP contribution in [0.2, 0.25) is 0 Å². The van der Waals surface area contributed by atoms with Crippen molar-refractivity contribution in [2.75, 3.05) is 13.7 Å². The standard InChI is InChI=1S/C17H24BrNO4/c1-17(2,3)23-16(21)19-11-5-6-14(15(20)22-4)12-7-9-13(18)10-8-12/h7-10,14H,5-6,11H2,1-4H3,(H,19,21). The highest BCUT2D eigenvalue weighted by atomic mass is 79.9. The number of alkyl carbamates (subject to hydrolysis) is 1. The van der Waals surface area contributed by atoms with Gasteiger partial charge in [0.15, 0.2) is 0 Å². The number of halogens is 1. The van der Waals surface area contributed by atoms with Gasteiger partial charge in [-0.25, -0.2) is 4.79 Å². The minimum absolute atomic E-state index is 0.274. The van der Waals surface area contributed by atoms with Gasteiger partial charge >= 0.3 is 12.1 Å². The smallest absolute Gasteiger partial charge is 0.407 e. The first-order chi connectivity index (χ1) is 10.7. The van der Waals surface area contributed by atoms with Crippen LogP contribution < -0.4 is 5.32 Å². The first-order valence-electron chi connectivity index (χ1n) is 7.53. The zero-order valence-corrected chi connectivity index (χ0v) is 15.6. The number of amides is 1. The van der Waals surface area contributed by atoms with Crippen molar-refractivity contribution >= 4 is 28.0 Å². The number of methoxy groups -OCH3 is 1. The Morgan fingerprint density at radius 2 is 1.83 bits per heavy atom. The van der Waals surface area contributed by atoms with Gasteiger partial charge in [-0.3, -0.25) is 4.79 Å². The molecule has 0 aliphatic rings. The van der Waals surface area contributed by atoms with Gasteiger partial charge in [-0.1, -0.05) is 28.1 Å². The minimum atomic E-state index is -0.518. The predicted molar refractivity (Wildman–Crippen MR) is 92.4 cm³/mol. The average molecular weight is 386 g/mol. The van der Waals surface area contributed by atoms with E-state index in [1.807, 2.05) is 45.0 Å². The largest absolute Gasteiger partial charge is 0.469 e. The molecule has 0 radical (unpaired) electrons. The highest BCUT2D eigenvalue weighted by Gasteiger charge is 2.21. The Kier molecular flexibility index (Phi) is 7.55. The average Bonchev–Trinajstić information content (AvgIpc) is 2.46. The van der Waals surface area contributed by atoms with Crippen molar-refractivity contribution in [1.29, 1.82) is 0 Å². The monoisotopic (exact) mass is 385 g/mol. The number of rotatable bonds is 6. The Labute approximate surface area is 145 Å². The van der Waals surface area contributed by atoms with E-state index >= 15 is 0 Å². The third-order valence-electron chi connectivity index (χ3n) is 3.10. The third-order valence-corrected chi connectivity index (χ3v) is 3.62. The number of nitrogens with one attached hydrogen (secondary N) is 1. The molecule has 0 aliphatic heterocycles. The molecule has 1 aromatic carbocycles. The van der Waals surface area contributed by atoms with E-state index in [9.17, 15) is 9.59 Å². The van der Waals surface area contributed by atoms with E-state index in [1.54, 1.807) is 0 Å². The lowest BCUT2D eigenvalue weighted by Gasteiger charge is -2.20. The van der Waals surface area contributed by atoms with Crippen LogP contribution >= 0.6 is 15.9 Å². The van der Waals surface area contributed by atoms with Gasteiger partial charge in [-0.15, -0.1) is 0 Å². The van der Waals surface area contributed by atoms with Crippen molar-refractivity contribution in [2.24, 2.45) is 0 Å². The first kappa shape index (κ1) is 19.5. The van der Waals surface area contributed by atoms with Crippen molar-refractivity contribution in [1.82, 2.24) is 5.32 Å². The molecule has 1 aromatic rings. The summed E-state index contributed by atoms with van der Waals surface area (Å²) in [5.74, 6) is -0.613. The van der Waals surface area contributed by atoms with Crippen molar-refractivity contribution in [3.05, 3.63) is 34.3 Å². The number of hydrogen-bond donors (Lipinski definition) is 1. The van der Waals surface area contributed by atoms with Gasteiger partial charge < -0.3 is 14.8 Å². The van der Waals surface area contributed by atoms with Gasteiger partial charge in [0.05, 0.1) is 13.0 Å². The second-order valence-electron chi connectivity index (χ2n) is 6.20. The number of hydrogen-bond acceptors (Lipinski definition) is 4. The molecular formula is C17H24BrNO4. The molecule has 23 heavy (non-hydrogen) atoms. The molecule has 5 nitrogen and oxygen atoms in total. The number of ether oxygens (including phenoxy) is 2. The molecular weight excluding hydrogens is 362 g/mol. The fourth-order valence-corrected chi connectivity index (χ4v) is 2.33. The summed E-state index contributed by atoms with van der Waals surface area (Å²) in [4.78, 5) is 23.5. The van der Waals surface area contributed by atoms with Crippen molar-refractivity contribution < 1.29 is 19.1 Å². The molecule has 0 aliphatic carbocycles. The van der Waals surface area contributed by atoms with Gasteiger partial charge in [-0.05, 0) is 51.3 Å². The molecule has 1 N–H and O–H groups in total. The van der Waals surface area contributed by atoms with Crippen molar-refractivity contribution in [3.63, 3.8) is 0 Å². The van der Waals surface area contributed by atoms with Crippen LogP contribution in [0.15, 0.2) is 28.7 Å². The summed E-state index contributed by atoms with van der Waals surface area (Å²) in [6.45, 7) is 5.88. The number of carbonyl (C=O) groups excluding carboxylic acids is 2. The minimum Gasteiger partial charge on any atom is -0.469 e. The maximum atomic E-state index is 12.0. The van der Waals surface area contributed by atoms with E-state index in [1.165, 1.54) is 7.11 Å². The molecule has 128 valence electrons. The number of esters is 1. The fourth-order valence-electron chi connectivity index (χ4n) is 2.07. The zero-order valence-electron chi connectivity index (χ0n) is 14.0. The Bertz CT molecular complexity index is 522. The molecule has 0 saturated carbocycles. The van der Waals surface area contributed by atoms with Crippen LogP contribution in [0.1, 0.15) is 45.1 Å². The second-order valence-corrected chi connectivity index (χ2v) is 7.11.